The van der Waals surface area contributed by atoms with Gasteiger partial charge in [0.2, 0.25) is 5.91 Å². The number of hydrogen-bond donors (Lipinski definition) is 3. The highest BCUT2D eigenvalue weighted by Gasteiger charge is 2.38. The zero-order chi connectivity index (χ0) is 14.2. The van der Waals surface area contributed by atoms with Crippen LogP contribution in [-0.2, 0) is 4.79 Å². The first kappa shape index (κ1) is 13.4. The van der Waals surface area contributed by atoms with Crippen LogP contribution in [0, 0.1) is 6.92 Å². The zero-order valence-electron chi connectivity index (χ0n) is 10.5. The van der Waals surface area contributed by atoms with Crippen LogP contribution in [0.15, 0.2) is 18.2 Å². The number of β-amino-alcohol motifs (C(OH)–C–C–N with tert-alkyl or cyclic N) is 1. The van der Waals surface area contributed by atoms with Crippen LogP contribution >= 0.6 is 0 Å². The Balaban J connectivity index is 2.27. The van der Waals surface area contributed by atoms with Gasteiger partial charge >= 0.3 is 0 Å². The van der Waals surface area contributed by atoms with E-state index in [0.29, 0.717) is 11.1 Å². The van der Waals surface area contributed by atoms with Gasteiger partial charge in [-0.05, 0) is 30.7 Å². The minimum absolute atomic E-state index is 0.0896. The van der Waals surface area contributed by atoms with Gasteiger partial charge in [-0.25, -0.2) is 0 Å². The van der Waals surface area contributed by atoms with E-state index in [1.54, 1.807) is 13.0 Å². The predicted molar refractivity (Wildman–Crippen MR) is 67.5 cm³/mol. The van der Waals surface area contributed by atoms with Gasteiger partial charge in [0.15, 0.2) is 0 Å². The first-order chi connectivity index (χ1) is 8.90. The second-order valence-corrected chi connectivity index (χ2v) is 4.77. The quantitative estimate of drug-likeness (QED) is 0.685. The van der Waals surface area contributed by atoms with Gasteiger partial charge in [0, 0.05) is 18.5 Å². The molecule has 1 aromatic carbocycles. The van der Waals surface area contributed by atoms with Gasteiger partial charge in [-0.15, -0.1) is 0 Å². The number of aliphatic hydroxyl groups excluding tert-OH is 1. The molecule has 1 fully saturated rings. The minimum Gasteiger partial charge on any atom is -0.508 e. The highest BCUT2D eigenvalue weighted by atomic mass is 16.3. The molecule has 0 aromatic heterocycles. The molecule has 6 heteroatoms. The van der Waals surface area contributed by atoms with Gasteiger partial charge < -0.3 is 20.8 Å². The number of aryl methyl sites for hydroxylation is 1. The van der Waals surface area contributed by atoms with Crippen molar-refractivity contribution in [3.8, 4) is 5.75 Å². The lowest BCUT2D eigenvalue weighted by molar-refractivity contribution is -0.121. The molecular formula is C13H16N2O4. The molecule has 0 bridgehead atoms. The summed E-state index contributed by atoms with van der Waals surface area (Å²) in [5.41, 5.74) is 6.16. The molecule has 0 saturated carbocycles. The van der Waals surface area contributed by atoms with Gasteiger partial charge in [0.25, 0.3) is 5.91 Å². The van der Waals surface area contributed by atoms with Gasteiger partial charge in [-0.3, -0.25) is 9.59 Å². The molecule has 6 nitrogen and oxygen atoms in total. The van der Waals surface area contributed by atoms with Crippen molar-refractivity contribution in [2.45, 2.75) is 25.5 Å². The molecule has 0 aliphatic carbocycles. The smallest absolute Gasteiger partial charge is 0.254 e. The summed E-state index contributed by atoms with van der Waals surface area (Å²) in [6.07, 6.45) is -0.572. The maximum atomic E-state index is 12.3. The molecule has 4 N–H and O–H groups in total. The number of nitrogens with two attached hydrogens (primary N) is 1. The normalized spacial score (nSPS) is 22.5. The van der Waals surface area contributed by atoms with Crippen LogP contribution in [0.5, 0.6) is 5.75 Å². The van der Waals surface area contributed by atoms with Gasteiger partial charge in [-0.1, -0.05) is 0 Å². The third-order valence-electron chi connectivity index (χ3n) is 3.31. The van der Waals surface area contributed by atoms with Crippen LogP contribution in [0.4, 0.5) is 0 Å². The number of aromatic hydroxyl groups is 1. The lowest BCUT2D eigenvalue weighted by atomic mass is 10.1. The molecule has 1 saturated heterocycles. The summed E-state index contributed by atoms with van der Waals surface area (Å²) in [5, 5.41) is 19.0. The monoisotopic (exact) mass is 264 g/mol. The molecule has 2 rings (SSSR count). The Bertz CT molecular complexity index is 529. The topological polar surface area (TPSA) is 104 Å². The largest absolute Gasteiger partial charge is 0.508 e. The van der Waals surface area contributed by atoms with E-state index >= 15 is 0 Å². The Labute approximate surface area is 110 Å². The molecular weight excluding hydrogens is 248 g/mol. The summed E-state index contributed by atoms with van der Waals surface area (Å²) < 4.78 is 0. The molecule has 102 valence electrons. The van der Waals surface area contributed by atoms with E-state index in [0.717, 1.165) is 0 Å². The molecule has 19 heavy (non-hydrogen) atoms. The van der Waals surface area contributed by atoms with E-state index in [2.05, 4.69) is 0 Å². The number of carbonyl (C=O) groups excluding carboxylic acids is 2. The van der Waals surface area contributed by atoms with E-state index < -0.39 is 18.1 Å². The highest BCUT2D eigenvalue weighted by molar-refractivity contribution is 5.98. The number of hydrogen-bond acceptors (Lipinski definition) is 4. The lowest BCUT2D eigenvalue weighted by Crippen LogP contribution is -2.43. The number of likely N-dealkylation sites (tertiary alicyclic amines) is 1. The van der Waals surface area contributed by atoms with Crippen LogP contribution in [0.3, 0.4) is 0 Å². The summed E-state index contributed by atoms with van der Waals surface area (Å²) in [7, 11) is 0. The zero-order valence-corrected chi connectivity index (χ0v) is 10.5. The predicted octanol–water partition coefficient (Wildman–Crippen LogP) is -0.239. The first-order valence-corrected chi connectivity index (χ1v) is 5.98. The van der Waals surface area contributed by atoms with Crippen LogP contribution in [0.1, 0.15) is 22.3 Å². The average molecular weight is 264 g/mol. The summed E-state index contributed by atoms with van der Waals surface area (Å²) in [5.74, 6) is -0.895. The van der Waals surface area contributed by atoms with E-state index in [4.69, 9.17) is 5.73 Å². The second-order valence-electron chi connectivity index (χ2n) is 4.77. The Morgan fingerprint density at radius 1 is 1.42 bits per heavy atom. The first-order valence-electron chi connectivity index (χ1n) is 5.98. The summed E-state index contributed by atoms with van der Waals surface area (Å²) in [4.78, 5) is 24.9. The molecule has 2 amide bonds. The number of phenols is 1. The Morgan fingerprint density at radius 3 is 2.68 bits per heavy atom. The number of benzene rings is 1. The fraction of sp³-hybridized carbons (Fsp3) is 0.385. The van der Waals surface area contributed by atoms with Crippen molar-refractivity contribution in [1.82, 2.24) is 4.90 Å². The third-order valence-corrected chi connectivity index (χ3v) is 3.31. The number of amides is 2. The maximum Gasteiger partial charge on any atom is 0.254 e. The summed E-state index contributed by atoms with van der Waals surface area (Å²) >= 11 is 0. The summed E-state index contributed by atoms with van der Waals surface area (Å²) in [6, 6.07) is 3.67. The molecule has 1 heterocycles. The SMILES string of the molecule is Cc1cc(C(=O)N2C[C@H](O)C[C@H]2C(N)=O)ccc1O. The highest BCUT2D eigenvalue weighted by Crippen LogP contribution is 2.23. The number of carbonyl (C=O) groups is 2. The summed E-state index contributed by atoms with van der Waals surface area (Å²) in [6.45, 7) is 1.77. The molecule has 0 spiro atoms. The standard InChI is InChI=1S/C13H16N2O4/c1-7-4-8(2-3-11(7)17)13(19)15-6-9(16)5-10(15)12(14)18/h2-4,9-10,16-17H,5-6H2,1H3,(H2,14,18)/t9-,10+/m1/s1. The number of aliphatic hydroxyl groups is 1. The van der Waals surface area contributed by atoms with Crippen molar-refractivity contribution in [2.24, 2.45) is 5.73 Å². The number of primary amides is 1. The van der Waals surface area contributed by atoms with E-state index in [-0.39, 0.29) is 24.6 Å². The number of rotatable bonds is 2. The van der Waals surface area contributed by atoms with Crippen molar-refractivity contribution < 1.29 is 19.8 Å². The molecule has 0 unspecified atom stereocenters. The van der Waals surface area contributed by atoms with Crippen LogP contribution in [-0.4, -0.2) is 45.6 Å². The van der Waals surface area contributed by atoms with Crippen LogP contribution in [0.2, 0.25) is 0 Å². The lowest BCUT2D eigenvalue weighted by Gasteiger charge is -2.22. The van der Waals surface area contributed by atoms with E-state index in [1.165, 1.54) is 17.0 Å². The molecule has 1 aliphatic heterocycles. The van der Waals surface area contributed by atoms with Gasteiger partial charge in [0.1, 0.15) is 11.8 Å². The Hall–Kier alpha value is -2.08. The van der Waals surface area contributed by atoms with Gasteiger partial charge in [-0.2, -0.15) is 0 Å². The van der Waals surface area contributed by atoms with Gasteiger partial charge in [0.05, 0.1) is 6.10 Å². The number of phenolic OH excluding ortho intramolecular Hbond substituents is 1. The molecule has 2 atom stereocenters. The van der Waals surface area contributed by atoms with Crippen molar-refractivity contribution in [3.05, 3.63) is 29.3 Å². The molecule has 1 aliphatic rings. The van der Waals surface area contributed by atoms with Crippen LogP contribution < -0.4 is 5.73 Å². The average Bonchev–Trinajstić information content (AvgIpc) is 2.74. The van der Waals surface area contributed by atoms with E-state index in [9.17, 15) is 19.8 Å². The van der Waals surface area contributed by atoms with Crippen LogP contribution in [0.25, 0.3) is 0 Å². The van der Waals surface area contributed by atoms with Crippen molar-refractivity contribution in [1.29, 1.82) is 0 Å². The fourth-order valence-corrected chi connectivity index (χ4v) is 2.26. The maximum absolute atomic E-state index is 12.3. The third kappa shape index (κ3) is 2.53. The van der Waals surface area contributed by atoms with E-state index in [1.807, 2.05) is 0 Å². The number of nitrogens with zero attached hydrogens (tertiary/aromatic N) is 1. The molecule has 1 aromatic rings. The fourth-order valence-electron chi connectivity index (χ4n) is 2.26. The van der Waals surface area contributed by atoms with Crippen molar-refractivity contribution in [3.63, 3.8) is 0 Å². The van der Waals surface area contributed by atoms with Crippen molar-refractivity contribution in [2.75, 3.05) is 6.54 Å². The Morgan fingerprint density at radius 2 is 2.11 bits per heavy atom. The minimum atomic E-state index is -0.781. The Kier molecular flexibility index (Phi) is 3.44. The second kappa shape index (κ2) is 4.89. The molecule has 0 radical (unpaired) electrons. The van der Waals surface area contributed by atoms with Crippen molar-refractivity contribution >= 4 is 11.8 Å².